The molecule has 8 nitrogen and oxygen atoms in total. The summed E-state index contributed by atoms with van der Waals surface area (Å²) in [4.78, 5) is 50.9. The van der Waals surface area contributed by atoms with Crippen molar-refractivity contribution in [1.29, 1.82) is 0 Å². The monoisotopic (exact) mass is 322 g/mol. The van der Waals surface area contributed by atoms with Crippen molar-refractivity contribution in [2.24, 2.45) is 0 Å². The maximum atomic E-state index is 11.7. The Bertz CT molecular complexity index is 618. The van der Waals surface area contributed by atoms with Gasteiger partial charge in [-0.25, -0.2) is 4.98 Å². The fraction of sp³-hybridized carbons (Fsp3) is 0.308. The van der Waals surface area contributed by atoms with E-state index < -0.39 is 11.8 Å². The number of aryl methyl sites for hydroxylation is 1. The standard InChI is InChI=1S/C13H14N4O4S/c1-8-2-3-14-9(6-8)16-12(20)11(19)15-4-5-17-10(18)7-22-13(17)21/h2-3,6H,4-5,7H2,1H3,(H,15,19)(H,14,16,20). The molecule has 0 unspecified atom stereocenters. The number of aromatic nitrogens is 1. The number of amides is 4. The Kier molecular flexibility index (Phi) is 5.10. The van der Waals surface area contributed by atoms with Gasteiger partial charge in [-0.1, -0.05) is 11.8 Å². The third-order valence-corrected chi connectivity index (χ3v) is 3.68. The number of carbonyl (C=O) groups is 4. The molecule has 0 bridgehead atoms. The zero-order chi connectivity index (χ0) is 16.1. The summed E-state index contributed by atoms with van der Waals surface area (Å²) in [5, 5.41) is 4.38. The quantitative estimate of drug-likeness (QED) is 0.763. The lowest BCUT2D eigenvalue weighted by molar-refractivity contribution is -0.136. The summed E-state index contributed by atoms with van der Waals surface area (Å²) >= 11 is 0.919. The van der Waals surface area contributed by atoms with Gasteiger partial charge in [0.05, 0.1) is 5.75 Å². The number of hydrogen-bond acceptors (Lipinski definition) is 6. The highest BCUT2D eigenvalue weighted by atomic mass is 32.2. The summed E-state index contributed by atoms with van der Waals surface area (Å²) in [6, 6.07) is 3.39. The summed E-state index contributed by atoms with van der Waals surface area (Å²) in [5.74, 6) is -1.60. The number of imide groups is 1. The Morgan fingerprint density at radius 2 is 2.14 bits per heavy atom. The van der Waals surface area contributed by atoms with Crippen molar-refractivity contribution in [3.63, 3.8) is 0 Å². The van der Waals surface area contributed by atoms with Crippen molar-refractivity contribution in [3.05, 3.63) is 23.9 Å². The topological polar surface area (TPSA) is 108 Å². The van der Waals surface area contributed by atoms with Crippen LogP contribution in [-0.4, -0.2) is 51.7 Å². The highest BCUT2D eigenvalue weighted by molar-refractivity contribution is 8.14. The van der Waals surface area contributed by atoms with Crippen LogP contribution >= 0.6 is 11.8 Å². The molecule has 1 saturated heterocycles. The summed E-state index contributed by atoms with van der Waals surface area (Å²) < 4.78 is 0. The first-order valence-electron chi connectivity index (χ1n) is 6.46. The molecule has 4 amide bonds. The molecular weight excluding hydrogens is 308 g/mol. The van der Waals surface area contributed by atoms with E-state index in [9.17, 15) is 19.2 Å². The molecule has 1 aromatic heterocycles. The molecule has 22 heavy (non-hydrogen) atoms. The summed E-state index contributed by atoms with van der Waals surface area (Å²) in [7, 11) is 0. The van der Waals surface area contributed by atoms with Gasteiger partial charge < -0.3 is 10.6 Å². The van der Waals surface area contributed by atoms with Crippen LogP contribution in [0.25, 0.3) is 0 Å². The van der Waals surface area contributed by atoms with Crippen LogP contribution in [0.2, 0.25) is 0 Å². The lowest BCUT2D eigenvalue weighted by Gasteiger charge is -2.12. The van der Waals surface area contributed by atoms with E-state index >= 15 is 0 Å². The van der Waals surface area contributed by atoms with Crippen molar-refractivity contribution < 1.29 is 19.2 Å². The summed E-state index contributed by atoms with van der Waals surface area (Å²) in [6.45, 7) is 1.90. The zero-order valence-corrected chi connectivity index (χ0v) is 12.6. The molecule has 2 rings (SSSR count). The second-order valence-electron chi connectivity index (χ2n) is 4.53. The molecule has 1 fully saturated rings. The molecule has 0 spiro atoms. The maximum absolute atomic E-state index is 11.7. The van der Waals surface area contributed by atoms with E-state index in [4.69, 9.17) is 0 Å². The second kappa shape index (κ2) is 7.03. The Labute approximate surface area is 130 Å². The number of carbonyl (C=O) groups excluding carboxylic acids is 4. The Balaban J connectivity index is 1.78. The third kappa shape index (κ3) is 4.04. The van der Waals surface area contributed by atoms with Gasteiger partial charge in [0, 0.05) is 19.3 Å². The highest BCUT2D eigenvalue weighted by Gasteiger charge is 2.29. The van der Waals surface area contributed by atoms with Gasteiger partial charge in [-0.2, -0.15) is 0 Å². The minimum Gasteiger partial charge on any atom is -0.346 e. The lowest BCUT2D eigenvalue weighted by Crippen LogP contribution is -2.41. The smallest absolute Gasteiger partial charge is 0.314 e. The molecule has 0 saturated carbocycles. The van der Waals surface area contributed by atoms with Crippen molar-refractivity contribution in [2.75, 3.05) is 24.2 Å². The van der Waals surface area contributed by atoms with Gasteiger partial charge in [-0.3, -0.25) is 24.1 Å². The molecule has 0 radical (unpaired) electrons. The lowest BCUT2D eigenvalue weighted by atomic mass is 10.3. The van der Waals surface area contributed by atoms with Gasteiger partial charge in [0.1, 0.15) is 5.82 Å². The number of nitrogens with one attached hydrogen (secondary N) is 2. The average Bonchev–Trinajstić information content (AvgIpc) is 2.78. The van der Waals surface area contributed by atoms with Gasteiger partial charge >= 0.3 is 11.8 Å². The van der Waals surface area contributed by atoms with Crippen molar-refractivity contribution >= 4 is 40.5 Å². The van der Waals surface area contributed by atoms with E-state index in [1.807, 2.05) is 6.92 Å². The van der Waals surface area contributed by atoms with Crippen molar-refractivity contribution in [2.45, 2.75) is 6.92 Å². The number of hydrogen-bond donors (Lipinski definition) is 2. The van der Waals surface area contributed by atoms with Gasteiger partial charge in [0.2, 0.25) is 5.91 Å². The molecule has 0 aromatic carbocycles. The molecule has 116 valence electrons. The van der Waals surface area contributed by atoms with E-state index in [0.717, 1.165) is 22.2 Å². The minimum atomic E-state index is -0.855. The Hall–Kier alpha value is -2.42. The van der Waals surface area contributed by atoms with Crippen LogP contribution in [0.5, 0.6) is 0 Å². The normalized spacial score (nSPS) is 14.1. The number of nitrogens with zero attached hydrogens (tertiary/aromatic N) is 2. The molecule has 1 aliphatic rings. The van der Waals surface area contributed by atoms with Crippen molar-refractivity contribution in [3.8, 4) is 0 Å². The number of rotatable bonds is 4. The summed E-state index contributed by atoms with van der Waals surface area (Å²) in [6.07, 6.45) is 1.52. The van der Waals surface area contributed by atoms with Crippen LogP contribution in [0.4, 0.5) is 10.6 Å². The predicted octanol–water partition coefficient (Wildman–Crippen LogP) is 0.140. The van der Waals surface area contributed by atoms with Crippen LogP contribution < -0.4 is 10.6 Å². The van der Waals surface area contributed by atoms with Crippen molar-refractivity contribution in [1.82, 2.24) is 15.2 Å². The van der Waals surface area contributed by atoms with Crippen LogP contribution in [0.15, 0.2) is 18.3 Å². The van der Waals surface area contributed by atoms with Crippen LogP contribution in [0.1, 0.15) is 5.56 Å². The number of thioether (sulfide) groups is 1. The molecule has 1 aromatic rings. The van der Waals surface area contributed by atoms with Crippen LogP contribution in [0, 0.1) is 6.92 Å². The molecular formula is C13H14N4O4S. The zero-order valence-electron chi connectivity index (χ0n) is 11.8. The maximum Gasteiger partial charge on any atom is 0.314 e. The highest BCUT2D eigenvalue weighted by Crippen LogP contribution is 2.17. The van der Waals surface area contributed by atoms with E-state index in [2.05, 4.69) is 15.6 Å². The minimum absolute atomic E-state index is 0.0194. The first-order chi connectivity index (χ1) is 10.5. The predicted molar refractivity (Wildman–Crippen MR) is 80.2 cm³/mol. The summed E-state index contributed by atoms with van der Waals surface area (Å²) in [5.41, 5.74) is 0.897. The molecule has 0 atom stereocenters. The Morgan fingerprint density at radius 1 is 1.36 bits per heavy atom. The first kappa shape index (κ1) is 16.0. The van der Waals surface area contributed by atoms with E-state index in [0.29, 0.717) is 0 Å². The van der Waals surface area contributed by atoms with Crippen LogP contribution in [0.3, 0.4) is 0 Å². The van der Waals surface area contributed by atoms with E-state index in [1.165, 1.54) is 6.20 Å². The SMILES string of the molecule is Cc1ccnc(NC(=O)C(=O)NCCN2C(=O)CSC2=O)c1. The largest absolute Gasteiger partial charge is 0.346 e. The molecule has 9 heteroatoms. The van der Waals surface area contributed by atoms with Gasteiger partial charge in [0.15, 0.2) is 0 Å². The molecule has 2 N–H and O–H groups in total. The fourth-order valence-electron chi connectivity index (χ4n) is 1.74. The van der Waals surface area contributed by atoms with E-state index in [1.54, 1.807) is 12.1 Å². The van der Waals surface area contributed by atoms with Gasteiger partial charge in [0.25, 0.3) is 5.24 Å². The average molecular weight is 322 g/mol. The first-order valence-corrected chi connectivity index (χ1v) is 7.45. The van der Waals surface area contributed by atoms with Gasteiger partial charge in [-0.05, 0) is 24.6 Å². The molecule has 2 heterocycles. The Morgan fingerprint density at radius 3 is 2.77 bits per heavy atom. The number of anilines is 1. The fourth-order valence-corrected chi connectivity index (χ4v) is 2.49. The van der Waals surface area contributed by atoms with Gasteiger partial charge in [-0.15, -0.1) is 0 Å². The molecule has 0 aliphatic carbocycles. The number of pyridine rings is 1. The third-order valence-electron chi connectivity index (χ3n) is 2.82. The van der Waals surface area contributed by atoms with E-state index in [-0.39, 0.29) is 35.8 Å². The van der Waals surface area contributed by atoms with Crippen LogP contribution in [-0.2, 0) is 14.4 Å². The second-order valence-corrected chi connectivity index (χ2v) is 5.46. The molecule has 1 aliphatic heterocycles.